The van der Waals surface area contributed by atoms with Gasteiger partial charge in [-0.15, -0.1) is 0 Å². The normalized spacial score (nSPS) is 16.9. The van der Waals surface area contributed by atoms with Crippen LogP contribution < -0.4 is 9.64 Å². The topological polar surface area (TPSA) is 101 Å². The molecule has 8 nitrogen and oxygen atoms in total. The number of nitrogens with zero attached hydrogens (tertiary/aromatic N) is 2. The van der Waals surface area contributed by atoms with Gasteiger partial charge in [0.15, 0.2) is 19.7 Å². The second-order valence-corrected chi connectivity index (χ2v) is 13.3. The molecule has 0 unspecified atom stereocenters. The van der Waals surface area contributed by atoms with Crippen molar-refractivity contribution in [3.8, 4) is 5.75 Å². The number of rotatable bonds is 8. The van der Waals surface area contributed by atoms with Crippen molar-refractivity contribution >= 4 is 31.3 Å². The number of amides is 1. The molecule has 0 spiro atoms. The lowest BCUT2D eigenvalue weighted by molar-refractivity contribution is 0.0741. The molecule has 1 aliphatic carbocycles. The Morgan fingerprint density at radius 3 is 2.23 bits per heavy atom. The molecular weight excluding hydrogens is 495 g/mol. The predicted molar refractivity (Wildman–Crippen MR) is 130 cm³/mol. The Labute approximate surface area is 205 Å². The van der Waals surface area contributed by atoms with Gasteiger partial charge in [-0.25, -0.2) is 21.2 Å². The Balaban J connectivity index is 1.50. The van der Waals surface area contributed by atoms with Crippen LogP contribution in [0.2, 0.25) is 0 Å². The minimum atomic E-state index is -3.51. The summed E-state index contributed by atoms with van der Waals surface area (Å²) < 4.78 is 68.7. The highest BCUT2D eigenvalue weighted by Gasteiger charge is 2.28. The SMILES string of the molecule is CCS(=O)(=O)c1ccc(N2CCN(C(=O)c3cc(S(C)(=O)=O)ccc3OCC3CC3)CC2)c(F)c1. The molecule has 0 aromatic heterocycles. The maximum absolute atomic E-state index is 14.7. The average molecular weight is 525 g/mol. The summed E-state index contributed by atoms with van der Waals surface area (Å²) in [6.45, 7) is 3.25. The van der Waals surface area contributed by atoms with E-state index >= 15 is 0 Å². The van der Waals surface area contributed by atoms with Gasteiger partial charge in [0.05, 0.1) is 33.4 Å². The molecule has 11 heteroatoms. The summed E-state index contributed by atoms with van der Waals surface area (Å²) in [7, 11) is -7.02. The van der Waals surface area contributed by atoms with Crippen LogP contribution in [0.4, 0.5) is 10.1 Å². The minimum Gasteiger partial charge on any atom is -0.492 e. The average Bonchev–Trinajstić information content (AvgIpc) is 3.66. The van der Waals surface area contributed by atoms with Crippen LogP contribution in [0.5, 0.6) is 5.75 Å². The number of piperazine rings is 1. The van der Waals surface area contributed by atoms with E-state index in [0.717, 1.165) is 25.2 Å². The van der Waals surface area contributed by atoms with E-state index in [9.17, 15) is 26.0 Å². The van der Waals surface area contributed by atoms with Crippen molar-refractivity contribution < 1.29 is 30.8 Å². The van der Waals surface area contributed by atoms with Gasteiger partial charge in [-0.3, -0.25) is 4.79 Å². The Kier molecular flexibility index (Phi) is 7.10. The molecule has 4 rings (SSSR count). The van der Waals surface area contributed by atoms with E-state index in [0.29, 0.717) is 44.5 Å². The van der Waals surface area contributed by atoms with Crippen LogP contribution in [0.25, 0.3) is 0 Å². The molecule has 0 radical (unpaired) electrons. The van der Waals surface area contributed by atoms with Gasteiger partial charge >= 0.3 is 0 Å². The number of ether oxygens (including phenoxy) is 1. The van der Waals surface area contributed by atoms with Crippen molar-refractivity contribution in [1.29, 1.82) is 0 Å². The third-order valence-electron chi connectivity index (χ3n) is 6.35. The molecule has 1 heterocycles. The van der Waals surface area contributed by atoms with Gasteiger partial charge < -0.3 is 14.5 Å². The van der Waals surface area contributed by atoms with Crippen LogP contribution in [-0.2, 0) is 19.7 Å². The summed E-state index contributed by atoms with van der Waals surface area (Å²) in [4.78, 5) is 16.7. The molecule has 35 heavy (non-hydrogen) atoms. The third-order valence-corrected chi connectivity index (χ3v) is 9.19. The first-order valence-corrected chi connectivity index (χ1v) is 15.1. The zero-order chi connectivity index (χ0) is 25.4. The molecule has 0 bridgehead atoms. The van der Waals surface area contributed by atoms with E-state index in [1.807, 2.05) is 0 Å². The lowest BCUT2D eigenvalue weighted by Gasteiger charge is -2.36. The Morgan fingerprint density at radius 2 is 1.66 bits per heavy atom. The fourth-order valence-corrected chi connectivity index (χ4v) is 5.49. The van der Waals surface area contributed by atoms with Crippen LogP contribution in [0.15, 0.2) is 46.2 Å². The number of anilines is 1. The largest absolute Gasteiger partial charge is 0.492 e. The van der Waals surface area contributed by atoms with Crippen molar-refractivity contribution in [2.75, 3.05) is 49.7 Å². The van der Waals surface area contributed by atoms with Gasteiger partial charge in [0.25, 0.3) is 5.91 Å². The highest BCUT2D eigenvalue weighted by Crippen LogP contribution is 2.32. The lowest BCUT2D eigenvalue weighted by Crippen LogP contribution is -2.49. The number of halogens is 1. The Bertz CT molecular complexity index is 1330. The first-order chi connectivity index (χ1) is 16.5. The summed E-state index contributed by atoms with van der Waals surface area (Å²) in [6.07, 6.45) is 3.24. The summed E-state index contributed by atoms with van der Waals surface area (Å²) in [6, 6.07) is 8.22. The van der Waals surface area contributed by atoms with Crippen molar-refractivity contribution in [1.82, 2.24) is 4.90 Å². The molecule has 0 N–H and O–H groups in total. The highest BCUT2D eigenvalue weighted by atomic mass is 32.2. The zero-order valence-corrected chi connectivity index (χ0v) is 21.4. The summed E-state index contributed by atoms with van der Waals surface area (Å²) >= 11 is 0. The zero-order valence-electron chi connectivity index (χ0n) is 19.7. The van der Waals surface area contributed by atoms with Gasteiger partial charge in [-0.05, 0) is 55.2 Å². The summed E-state index contributed by atoms with van der Waals surface area (Å²) in [5.74, 6) is -0.263. The summed E-state index contributed by atoms with van der Waals surface area (Å²) in [5, 5.41) is 0. The van der Waals surface area contributed by atoms with Gasteiger partial charge in [0, 0.05) is 32.4 Å². The molecule has 1 saturated heterocycles. The molecule has 1 saturated carbocycles. The molecule has 0 atom stereocenters. The van der Waals surface area contributed by atoms with Crippen LogP contribution in [0, 0.1) is 11.7 Å². The molecule has 2 aromatic rings. The number of benzene rings is 2. The number of hydrogen-bond acceptors (Lipinski definition) is 7. The smallest absolute Gasteiger partial charge is 0.257 e. The molecule has 1 amide bonds. The van der Waals surface area contributed by atoms with Gasteiger partial charge in [0.1, 0.15) is 11.6 Å². The fraction of sp³-hybridized carbons (Fsp3) is 0.458. The van der Waals surface area contributed by atoms with E-state index < -0.39 is 25.5 Å². The highest BCUT2D eigenvalue weighted by molar-refractivity contribution is 7.91. The molecule has 1 aliphatic heterocycles. The Hall–Kier alpha value is -2.66. The van der Waals surface area contributed by atoms with Crippen LogP contribution >= 0.6 is 0 Å². The molecule has 2 aliphatic rings. The summed E-state index contributed by atoms with van der Waals surface area (Å²) in [5.41, 5.74) is 0.474. The lowest BCUT2D eigenvalue weighted by atomic mass is 10.1. The second-order valence-electron chi connectivity index (χ2n) is 8.98. The Morgan fingerprint density at radius 1 is 1.00 bits per heavy atom. The molecular formula is C24H29FN2O6S2. The van der Waals surface area contributed by atoms with Crippen LogP contribution in [0.3, 0.4) is 0 Å². The maximum Gasteiger partial charge on any atom is 0.257 e. The maximum atomic E-state index is 14.7. The third kappa shape index (κ3) is 5.78. The van der Waals surface area contributed by atoms with Crippen LogP contribution in [0.1, 0.15) is 30.1 Å². The molecule has 190 valence electrons. The fourth-order valence-electron chi connectivity index (χ4n) is 3.95. The van der Waals surface area contributed by atoms with E-state index in [1.165, 1.54) is 37.3 Å². The number of carbonyl (C=O) groups excluding carboxylic acids is 1. The standard InChI is InChI=1S/C24H29FN2O6S2/c1-3-35(31,32)19-6-8-22(21(25)15-19)26-10-12-27(13-11-26)24(28)20-14-18(34(2,29)30)7-9-23(20)33-16-17-4-5-17/h6-9,14-15,17H,3-5,10-13,16H2,1-2H3. The quantitative estimate of drug-likeness (QED) is 0.523. The van der Waals surface area contributed by atoms with Crippen molar-refractivity contribution in [2.24, 2.45) is 5.92 Å². The van der Waals surface area contributed by atoms with Gasteiger partial charge in [-0.1, -0.05) is 6.92 Å². The molecule has 2 fully saturated rings. The van der Waals surface area contributed by atoms with E-state index in [2.05, 4.69) is 0 Å². The number of carbonyl (C=O) groups is 1. The first-order valence-electron chi connectivity index (χ1n) is 11.5. The predicted octanol–water partition coefficient (Wildman–Crippen LogP) is 2.77. The van der Waals surface area contributed by atoms with E-state index in [1.54, 1.807) is 9.80 Å². The second kappa shape index (κ2) is 9.77. The van der Waals surface area contributed by atoms with E-state index in [-0.39, 0.29) is 32.7 Å². The van der Waals surface area contributed by atoms with Gasteiger partial charge in [0.2, 0.25) is 0 Å². The monoisotopic (exact) mass is 524 g/mol. The number of sulfone groups is 2. The van der Waals surface area contributed by atoms with Crippen molar-refractivity contribution in [3.63, 3.8) is 0 Å². The van der Waals surface area contributed by atoms with Crippen molar-refractivity contribution in [3.05, 3.63) is 47.8 Å². The minimum absolute atomic E-state index is 0.0439. The van der Waals surface area contributed by atoms with Crippen molar-refractivity contribution in [2.45, 2.75) is 29.6 Å². The molecule has 2 aromatic carbocycles. The number of hydrogen-bond donors (Lipinski definition) is 0. The van der Waals surface area contributed by atoms with E-state index in [4.69, 9.17) is 4.74 Å². The van der Waals surface area contributed by atoms with Gasteiger partial charge in [-0.2, -0.15) is 0 Å². The first kappa shape index (κ1) is 25.4. The van der Waals surface area contributed by atoms with Crippen LogP contribution in [-0.4, -0.2) is 72.4 Å².